The van der Waals surface area contributed by atoms with E-state index in [1.165, 1.54) is 18.4 Å². The highest BCUT2D eigenvalue weighted by Crippen LogP contribution is 2.36. The number of anilines is 1. The second-order valence-electron chi connectivity index (χ2n) is 9.77. The van der Waals surface area contributed by atoms with Gasteiger partial charge in [0.15, 0.2) is 0 Å². The number of hydrogen-bond acceptors (Lipinski definition) is 2. The fourth-order valence-electron chi connectivity index (χ4n) is 5.50. The molecular formula is C28H33N3O2. The van der Waals surface area contributed by atoms with Crippen LogP contribution in [0.5, 0.6) is 0 Å². The van der Waals surface area contributed by atoms with Gasteiger partial charge >= 0.3 is 0 Å². The predicted molar refractivity (Wildman–Crippen MR) is 133 cm³/mol. The largest absolute Gasteiger partial charge is 0.351 e. The number of benzene rings is 2. The maximum Gasteiger partial charge on any atom is 0.275 e. The van der Waals surface area contributed by atoms with E-state index in [0.29, 0.717) is 12.2 Å². The van der Waals surface area contributed by atoms with Crippen LogP contribution in [0.2, 0.25) is 0 Å². The Morgan fingerprint density at radius 3 is 2.42 bits per heavy atom. The van der Waals surface area contributed by atoms with Gasteiger partial charge in [0.1, 0.15) is 11.2 Å². The standard InChI is InChI=1S/C28H33N3O2/c1-3-20-14-16-23(17-15-20)31-26(32)25-18-21-10-8-9-13-24(21)30(25)19-28(31,2)27(33)29-22-11-6-4-5-7-12-22/h8-10,13-18,22H,3-7,11-12,19H2,1-2H3,(H,29,33)/t28-/m1/s1. The molecule has 5 rings (SSSR count). The molecule has 5 nitrogen and oxygen atoms in total. The number of nitrogens with zero attached hydrogens (tertiary/aromatic N) is 2. The minimum Gasteiger partial charge on any atom is -0.351 e. The Balaban J connectivity index is 1.58. The van der Waals surface area contributed by atoms with Crippen molar-refractivity contribution < 1.29 is 9.59 Å². The Morgan fingerprint density at radius 2 is 1.73 bits per heavy atom. The van der Waals surface area contributed by atoms with E-state index < -0.39 is 5.54 Å². The zero-order chi connectivity index (χ0) is 23.0. The second-order valence-corrected chi connectivity index (χ2v) is 9.77. The number of rotatable bonds is 4. The van der Waals surface area contributed by atoms with Crippen LogP contribution < -0.4 is 10.2 Å². The summed E-state index contributed by atoms with van der Waals surface area (Å²) in [6.07, 6.45) is 7.72. The van der Waals surface area contributed by atoms with Gasteiger partial charge in [-0.3, -0.25) is 14.5 Å². The summed E-state index contributed by atoms with van der Waals surface area (Å²) in [6, 6.07) is 18.2. The van der Waals surface area contributed by atoms with Crippen molar-refractivity contribution in [1.82, 2.24) is 9.88 Å². The summed E-state index contributed by atoms with van der Waals surface area (Å²) in [6.45, 7) is 4.46. The first kappa shape index (κ1) is 21.7. The van der Waals surface area contributed by atoms with Crippen LogP contribution in [-0.2, 0) is 17.8 Å². The van der Waals surface area contributed by atoms with Crippen LogP contribution in [0, 0.1) is 0 Å². The van der Waals surface area contributed by atoms with E-state index in [-0.39, 0.29) is 17.9 Å². The van der Waals surface area contributed by atoms with Gasteiger partial charge in [0.25, 0.3) is 5.91 Å². The predicted octanol–water partition coefficient (Wildman–Crippen LogP) is 5.46. The fraction of sp³-hybridized carbons (Fsp3) is 0.429. The van der Waals surface area contributed by atoms with E-state index in [0.717, 1.165) is 48.7 Å². The number of para-hydroxylation sites is 1. The van der Waals surface area contributed by atoms with Gasteiger partial charge in [0.05, 0.1) is 6.54 Å². The number of aromatic nitrogens is 1. The average molecular weight is 444 g/mol. The fourth-order valence-corrected chi connectivity index (χ4v) is 5.50. The number of carbonyl (C=O) groups excluding carboxylic acids is 2. The molecule has 0 bridgehead atoms. The zero-order valence-corrected chi connectivity index (χ0v) is 19.6. The van der Waals surface area contributed by atoms with Crippen LogP contribution in [0.15, 0.2) is 54.6 Å². The molecular weight excluding hydrogens is 410 g/mol. The summed E-state index contributed by atoms with van der Waals surface area (Å²) in [7, 11) is 0. The smallest absolute Gasteiger partial charge is 0.275 e. The molecule has 0 radical (unpaired) electrons. The number of nitrogens with one attached hydrogen (secondary N) is 1. The van der Waals surface area contributed by atoms with Crippen molar-refractivity contribution in [3.8, 4) is 0 Å². The molecule has 2 aromatic carbocycles. The molecule has 1 aromatic heterocycles. The first-order chi connectivity index (χ1) is 16.0. The van der Waals surface area contributed by atoms with Gasteiger partial charge in [-0.05, 0) is 56.0 Å². The average Bonchev–Trinajstić information content (AvgIpc) is 3.00. The topological polar surface area (TPSA) is 54.3 Å². The van der Waals surface area contributed by atoms with E-state index in [9.17, 15) is 9.59 Å². The number of aryl methyl sites for hydroxylation is 1. The zero-order valence-electron chi connectivity index (χ0n) is 19.6. The second kappa shape index (κ2) is 8.69. The first-order valence-electron chi connectivity index (χ1n) is 12.3. The summed E-state index contributed by atoms with van der Waals surface area (Å²) in [5.74, 6) is -0.189. The van der Waals surface area contributed by atoms with Gasteiger partial charge < -0.3 is 9.88 Å². The Labute approximate surface area is 195 Å². The van der Waals surface area contributed by atoms with Crippen molar-refractivity contribution in [2.75, 3.05) is 4.90 Å². The Bertz CT molecular complexity index is 1170. The SMILES string of the molecule is CCc1ccc(N2C(=O)c3cc4ccccc4n3C[C@]2(C)C(=O)NC2CCCCCC2)cc1. The summed E-state index contributed by atoms with van der Waals surface area (Å²) in [5, 5.41) is 4.36. The maximum atomic E-state index is 13.9. The molecule has 2 amide bonds. The molecule has 3 aromatic rings. The molecule has 172 valence electrons. The summed E-state index contributed by atoms with van der Waals surface area (Å²) < 4.78 is 2.03. The van der Waals surface area contributed by atoms with Crippen LogP contribution in [0.3, 0.4) is 0 Å². The molecule has 2 aliphatic rings. The van der Waals surface area contributed by atoms with Crippen molar-refractivity contribution in [2.24, 2.45) is 0 Å². The first-order valence-corrected chi connectivity index (χ1v) is 12.3. The monoisotopic (exact) mass is 443 g/mol. The molecule has 1 fully saturated rings. The van der Waals surface area contributed by atoms with Crippen molar-refractivity contribution in [2.45, 2.75) is 76.9 Å². The lowest BCUT2D eigenvalue weighted by Crippen LogP contribution is -2.65. The minimum atomic E-state index is -1.02. The van der Waals surface area contributed by atoms with Crippen LogP contribution in [0.4, 0.5) is 5.69 Å². The molecule has 2 heterocycles. The van der Waals surface area contributed by atoms with Crippen LogP contribution in [-0.4, -0.2) is 28.0 Å². The number of carbonyl (C=O) groups is 2. The van der Waals surface area contributed by atoms with E-state index in [1.54, 1.807) is 4.90 Å². The highest BCUT2D eigenvalue weighted by Gasteiger charge is 2.49. The van der Waals surface area contributed by atoms with Gasteiger partial charge in [-0.15, -0.1) is 0 Å². The molecule has 1 aliphatic carbocycles. The molecule has 1 N–H and O–H groups in total. The van der Waals surface area contributed by atoms with Crippen molar-refractivity contribution in [3.63, 3.8) is 0 Å². The quantitative estimate of drug-likeness (QED) is 0.544. The molecule has 0 unspecified atom stereocenters. The van der Waals surface area contributed by atoms with Crippen LogP contribution in [0.25, 0.3) is 10.9 Å². The van der Waals surface area contributed by atoms with Gasteiger partial charge in [0.2, 0.25) is 5.91 Å². The van der Waals surface area contributed by atoms with Gasteiger partial charge in [-0.25, -0.2) is 0 Å². The van der Waals surface area contributed by atoms with Gasteiger partial charge in [-0.1, -0.05) is 62.9 Å². The molecule has 0 saturated heterocycles. The third-order valence-corrected chi connectivity index (χ3v) is 7.47. The Morgan fingerprint density at radius 1 is 1.03 bits per heavy atom. The van der Waals surface area contributed by atoms with Crippen molar-refractivity contribution >= 4 is 28.4 Å². The van der Waals surface area contributed by atoms with Crippen LogP contribution >= 0.6 is 0 Å². The van der Waals surface area contributed by atoms with Crippen molar-refractivity contribution in [1.29, 1.82) is 0 Å². The maximum absolute atomic E-state index is 13.9. The normalized spacial score (nSPS) is 21.6. The third-order valence-electron chi connectivity index (χ3n) is 7.47. The lowest BCUT2D eigenvalue weighted by Gasteiger charge is -2.44. The molecule has 1 aliphatic heterocycles. The van der Waals surface area contributed by atoms with Gasteiger partial charge in [-0.2, -0.15) is 0 Å². The number of hydrogen-bond donors (Lipinski definition) is 1. The summed E-state index contributed by atoms with van der Waals surface area (Å²) in [5.41, 5.74) is 2.59. The lowest BCUT2D eigenvalue weighted by molar-refractivity contribution is -0.127. The highest BCUT2D eigenvalue weighted by atomic mass is 16.2. The van der Waals surface area contributed by atoms with Gasteiger partial charge in [0, 0.05) is 22.6 Å². The molecule has 0 spiro atoms. The summed E-state index contributed by atoms with van der Waals surface area (Å²) in [4.78, 5) is 29.6. The number of fused-ring (bicyclic) bond motifs is 3. The highest BCUT2D eigenvalue weighted by molar-refractivity contribution is 6.14. The third kappa shape index (κ3) is 3.84. The Kier molecular flexibility index (Phi) is 5.73. The van der Waals surface area contributed by atoms with E-state index >= 15 is 0 Å². The number of amides is 2. The minimum absolute atomic E-state index is 0.0641. The Hall–Kier alpha value is -3.08. The van der Waals surface area contributed by atoms with E-state index in [2.05, 4.69) is 24.4 Å². The molecule has 1 saturated carbocycles. The summed E-state index contributed by atoms with van der Waals surface area (Å²) >= 11 is 0. The van der Waals surface area contributed by atoms with E-state index in [1.807, 2.05) is 54.0 Å². The lowest BCUT2D eigenvalue weighted by atomic mass is 9.92. The molecule has 1 atom stereocenters. The van der Waals surface area contributed by atoms with Crippen LogP contribution in [0.1, 0.15) is 68.4 Å². The molecule has 33 heavy (non-hydrogen) atoms. The van der Waals surface area contributed by atoms with E-state index in [4.69, 9.17) is 0 Å². The molecule has 5 heteroatoms. The van der Waals surface area contributed by atoms with Crippen molar-refractivity contribution in [3.05, 3.63) is 65.9 Å².